The lowest BCUT2D eigenvalue weighted by Gasteiger charge is -2.10. The summed E-state index contributed by atoms with van der Waals surface area (Å²) in [5.41, 5.74) is 2.38. The number of carboxylic acids is 1. The molecule has 1 aliphatic carbocycles. The van der Waals surface area contributed by atoms with E-state index in [4.69, 9.17) is 9.84 Å². The topological polar surface area (TPSA) is 46.5 Å². The predicted molar refractivity (Wildman–Crippen MR) is 71.9 cm³/mol. The molecular weight excluding hydrogens is 259 g/mol. The van der Waals surface area contributed by atoms with E-state index in [-0.39, 0.29) is 11.3 Å². The molecule has 1 aliphatic rings. The van der Waals surface area contributed by atoms with E-state index in [1.54, 1.807) is 0 Å². The van der Waals surface area contributed by atoms with Gasteiger partial charge in [0.1, 0.15) is 22.9 Å². The highest BCUT2D eigenvalue weighted by Gasteiger charge is 2.15. The molecule has 0 unspecified atom stereocenters. The van der Waals surface area contributed by atoms with Gasteiger partial charge in [0.05, 0.1) is 0 Å². The first kappa shape index (κ1) is 12.7. The Kier molecular flexibility index (Phi) is 3.14. The number of rotatable bonds is 3. The van der Waals surface area contributed by atoms with Crippen molar-refractivity contribution in [2.45, 2.75) is 19.3 Å². The van der Waals surface area contributed by atoms with Gasteiger partial charge in [-0.05, 0) is 60.7 Å². The standard InChI is InChI=1S/C16H13FO3/c17-12-5-7-15(14(9-12)16(18)19)20-13-6-4-10-2-1-3-11(10)8-13/h4-9H,1-3H2,(H,18,19). The Morgan fingerprint density at radius 2 is 1.90 bits per heavy atom. The molecule has 0 aliphatic heterocycles. The van der Waals surface area contributed by atoms with Crippen molar-refractivity contribution in [1.29, 1.82) is 0 Å². The Morgan fingerprint density at radius 3 is 2.70 bits per heavy atom. The van der Waals surface area contributed by atoms with Gasteiger partial charge < -0.3 is 9.84 Å². The number of ether oxygens (including phenoxy) is 1. The quantitative estimate of drug-likeness (QED) is 0.924. The number of halogens is 1. The van der Waals surface area contributed by atoms with Crippen LogP contribution in [0.25, 0.3) is 0 Å². The van der Waals surface area contributed by atoms with Crippen LogP contribution in [-0.2, 0) is 12.8 Å². The number of carbonyl (C=O) groups is 1. The van der Waals surface area contributed by atoms with Crippen LogP contribution in [0.3, 0.4) is 0 Å². The maximum Gasteiger partial charge on any atom is 0.339 e. The van der Waals surface area contributed by atoms with Crippen LogP contribution in [0, 0.1) is 5.82 Å². The maximum atomic E-state index is 13.1. The molecule has 4 heteroatoms. The molecule has 0 spiro atoms. The molecule has 3 nitrogen and oxygen atoms in total. The summed E-state index contributed by atoms with van der Waals surface area (Å²) in [7, 11) is 0. The minimum absolute atomic E-state index is 0.150. The highest BCUT2D eigenvalue weighted by molar-refractivity contribution is 5.91. The zero-order valence-electron chi connectivity index (χ0n) is 10.7. The van der Waals surface area contributed by atoms with Crippen molar-refractivity contribution in [3.63, 3.8) is 0 Å². The van der Waals surface area contributed by atoms with Crippen LogP contribution in [0.4, 0.5) is 4.39 Å². The van der Waals surface area contributed by atoms with Gasteiger partial charge in [-0.1, -0.05) is 6.07 Å². The van der Waals surface area contributed by atoms with Crippen molar-refractivity contribution in [1.82, 2.24) is 0 Å². The highest BCUT2D eigenvalue weighted by Crippen LogP contribution is 2.30. The number of fused-ring (bicyclic) bond motifs is 1. The molecule has 20 heavy (non-hydrogen) atoms. The van der Waals surface area contributed by atoms with Crippen LogP contribution in [0.1, 0.15) is 27.9 Å². The lowest BCUT2D eigenvalue weighted by Crippen LogP contribution is -2.01. The summed E-state index contributed by atoms with van der Waals surface area (Å²) < 4.78 is 18.7. The molecule has 0 saturated carbocycles. The molecular formula is C16H13FO3. The van der Waals surface area contributed by atoms with E-state index in [1.165, 1.54) is 23.3 Å². The second-order valence-electron chi connectivity index (χ2n) is 4.83. The van der Waals surface area contributed by atoms with Gasteiger partial charge in [-0.25, -0.2) is 9.18 Å². The van der Waals surface area contributed by atoms with Crippen molar-refractivity contribution < 1.29 is 19.0 Å². The lowest BCUT2D eigenvalue weighted by molar-refractivity contribution is 0.0693. The van der Waals surface area contributed by atoms with E-state index in [2.05, 4.69) is 0 Å². The van der Waals surface area contributed by atoms with Crippen LogP contribution in [0.15, 0.2) is 36.4 Å². The normalized spacial score (nSPS) is 13.1. The molecule has 102 valence electrons. The predicted octanol–water partition coefficient (Wildman–Crippen LogP) is 3.80. The van der Waals surface area contributed by atoms with E-state index in [1.807, 2.05) is 18.2 Å². The Morgan fingerprint density at radius 1 is 1.10 bits per heavy atom. The summed E-state index contributed by atoms with van der Waals surface area (Å²) in [5, 5.41) is 9.08. The van der Waals surface area contributed by atoms with Crippen molar-refractivity contribution >= 4 is 5.97 Å². The lowest BCUT2D eigenvalue weighted by atomic mass is 10.1. The number of benzene rings is 2. The van der Waals surface area contributed by atoms with Crippen molar-refractivity contribution in [2.75, 3.05) is 0 Å². The third-order valence-electron chi connectivity index (χ3n) is 3.47. The molecule has 0 saturated heterocycles. The molecule has 1 N–H and O–H groups in total. The fourth-order valence-electron chi connectivity index (χ4n) is 2.50. The summed E-state index contributed by atoms with van der Waals surface area (Å²) in [6.07, 6.45) is 3.23. The smallest absolute Gasteiger partial charge is 0.339 e. The first-order valence-electron chi connectivity index (χ1n) is 6.46. The molecule has 2 aromatic rings. The Hall–Kier alpha value is -2.36. The van der Waals surface area contributed by atoms with Gasteiger partial charge in [-0.3, -0.25) is 0 Å². The zero-order valence-corrected chi connectivity index (χ0v) is 10.7. The average Bonchev–Trinajstić information content (AvgIpc) is 2.88. The van der Waals surface area contributed by atoms with Gasteiger partial charge in [0.15, 0.2) is 0 Å². The number of aryl methyl sites for hydroxylation is 2. The van der Waals surface area contributed by atoms with Gasteiger partial charge in [0, 0.05) is 0 Å². The van der Waals surface area contributed by atoms with E-state index < -0.39 is 11.8 Å². The van der Waals surface area contributed by atoms with Crippen LogP contribution in [0.2, 0.25) is 0 Å². The third kappa shape index (κ3) is 2.37. The van der Waals surface area contributed by atoms with Crippen molar-refractivity contribution in [3.8, 4) is 11.5 Å². The van der Waals surface area contributed by atoms with E-state index in [0.29, 0.717) is 5.75 Å². The van der Waals surface area contributed by atoms with E-state index in [9.17, 15) is 9.18 Å². The molecule has 0 atom stereocenters. The van der Waals surface area contributed by atoms with E-state index in [0.717, 1.165) is 25.3 Å². The molecule has 0 radical (unpaired) electrons. The molecule has 0 fully saturated rings. The Balaban J connectivity index is 1.93. The van der Waals surface area contributed by atoms with Crippen LogP contribution in [-0.4, -0.2) is 11.1 Å². The van der Waals surface area contributed by atoms with Gasteiger partial charge in [-0.15, -0.1) is 0 Å². The second kappa shape index (κ2) is 4.96. The Labute approximate surface area is 115 Å². The van der Waals surface area contributed by atoms with Gasteiger partial charge >= 0.3 is 5.97 Å². The SMILES string of the molecule is O=C(O)c1cc(F)ccc1Oc1ccc2c(c1)CCC2. The summed E-state index contributed by atoms with van der Waals surface area (Å²) >= 11 is 0. The van der Waals surface area contributed by atoms with Gasteiger partial charge in [0.25, 0.3) is 0 Å². The van der Waals surface area contributed by atoms with Gasteiger partial charge in [0.2, 0.25) is 0 Å². The Bertz CT molecular complexity index is 679. The molecule has 2 aromatic carbocycles. The summed E-state index contributed by atoms with van der Waals surface area (Å²) in [6, 6.07) is 9.24. The van der Waals surface area contributed by atoms with Crippen molar-refractivity contribution in [2.24, 2.45) is 0 Å². The van der Waals surface area contributed by atoms with E-state index >= 15 is 0 Å². The maximum absolute atomic E-state index is 13.1. The molecule has 0 bridgehead atoms. The van der Waals surface area contributed by atoms with Crippen molar-refractivity contribution in [3.05, 3.63) is 58.9 Å². The fraction of sp³-hybridized carbons (Fsp3) is 0.188. The zero-order chi connectivity index (χ0) is 14.1. The average molecular weight is 272 g/mol. The summed E-state index contributed by atoms with van der Waals surface area (Å²) in [6.45, 7) is 0. The molecule has 3 rings (SSSR count). The first-order chi connectivity index (χ1) is 9.63. The minimum atomic E-state index is -1.21. The highest BCUT2D eigenvalue weighted by atomic mass is 19.1. The van der Waals surface area contributed by atoms with Gasteiger partial charge in [-0.2, -0.15) is 0 Å². The summed E-state index contributed by atoms with van der Waals surface area (Å²) in [4.78, 5) is 11.1. The van der Waals surface area contributed by atoms with Crippen LogP contribution < -0.4 is 4.74 Å². The minimum Gasteiger partial charge on any atom is -0.478 e. The second-order valence-corrected chi connectivity index (χ2v) is 4.83. The summed E-state index contributed by atoms with van der Waals surface area (Å²) in [5.74, 6) is -1.07. The molecule has 0 amide bonds. The largest absolute Gasteiger partial charge is 0.478 e. The number of aromatic carboxylic acids is 1. The number of hydrogen-bond donors (Lipinski definition) is 1. The van der Waals surface area contributed by atoms with Crippen LogP contribution in [0.5, 0.6) is 11.5 Å². The number of hydrogen-bond acceptors (Lipinski definition) is 2. The molecule has 0 aromatic heterocycles. The fourth-order valence-corrected chi connectivity index (χ4v) is 2.50. The third-order valence-corrected chi connectivity index (χ3v) is 3.47. The first-order valence-corrected chi connectivity index (χ1v) is 6.46. The molecule has 0 heterocycles. The number of carboxylic acid groups (broad SMARTS) is 1. The van der Waals surface area contributed by atoms with Crippen LogP contribution >= 0.6 is 0 Å². The monoisotopic (exact) mass is 272 g/mol.